The molecule has 3 nitrogen and oxygen atoms in total. The molecule has 20 heavy (non-hydrogen) atoms. The van der Waals surface area contributed by atoms with Crippen LogP contribution in [0.1, 0.15) is 26.2 Å². The van der Waals surface area contributed by atoms with Crippen LogP contribution in [-0.4, -0.2) is 30.8 Å². The SMILES string of the molecule is CCC/C(C=O)=C(\O)COC/C1=C/C=C\CC=CC1F. The lowest BCUT2D eigenvalue weighted by Gasteiger charge is -2.11. The summed E-state index contributed by atoms with van der Waals surface area (Å²) in [4.78, 5) is 10.8. The maximum atomic E-state index is 13.8. The predicted molar refractivity (Wildman–Crippen MR) is 77.3 cm³/mol. The van der Waals surface area contributed by atoms with E-state index in [1.807, 2.05) is 13.0 Å². The first-order chi connectivity index (χ1) is 9.69. The molecule has 0 saturated carbocycles. The van der Waals surface area contributed by atoms with Crippen molar-refractivity contribution in [2.75, 3.05) is 13.2 Å². The molecular formula is C16H21FO3. The zero-order valence-electron chi connectivity index (χ0n) is 11.7. The summed E-state index contributed by atoms with van der Waals surface area (Å²) >= 11 is 0. The Kier molecular flexibility index (Phi) is 7.58. The summed E-state index contributed by atoms with van der Waals surface area (Å²) in [5.41, 5.74) is 0.837. The highest BCUT2D eigenvalue weighted by molar-refractivity contribution is 5.73. The number of alkyl halides is 1. The van der Waals surface area contributed by atoms with E-state index in [1.165, 1.54) is 6.08 Å². The van der Waals surface area contributed by atoms with E-state index in [4.69, 9.17) is 4.74 Å². The molecule has 0 aromatic heterocycles. The Morgan fingerprint density at radius 3 is 3.05 bits per heavy atom. The fourth-order valence-corrected chi connectivity index (χ4v) is 1.79. The molecule has 110 valence electrons. The van der Waals surface area contributed by atoms with Crippen LogP contribution in [-0.2, 0) is 9.53 Å². The standard InChI is InChI=1S/C16H21FO3/c1-2-7-13(10-18)16(19)12-20-11-14-8-5-3-4-6-9-15(14)17/h3,5-6,8-10,15,19H,2,4,7,11-12H2,1H3/b5-3-,9-6?,14-8-,16-13+. The largest absolute Gasteiger partial charge is 0.509 e. The Bertz CT molecular complexity index is 433. The number of allylic oxidation sites excluding steroid dienone is 6. The van der Waals surface area contributed by atoms with Crippen LogP contribution in [0, 0.1) is 0 Å². The molecule has 0 radical (unpaired) electrons. The fourth-order valence-electron chi connectivity index (χ4n) is 1.79. The summed E-state index contributed by atoms with van der Waals surface area (Å²) < 4.78 is 19.0. The van der Waals surface area contributed by atoms with Gasteiger partial charge in [-0.05, 0) is 18.4 Å². The van der Waals surface area contributed by atoms with Gasteiger partial charge in [0.1, 0.15) is 24.8 Å². The topological polar surface area (TPSA) is 46.5 Å². The van der Waals surface area contributed by atoms with Crippen LogP contribution in [0.5, 0.6) is 0 Å². The van der Waals surface area contributed by atoms with Gasteiger partial charge in [0.15, 0.2) is 0 Å². The highest BCUT2D eigenvalue weighted by Crippen LogP contribution is 2.14. The number of ether oxygens (including phenoxy) is 1. The summed E-state index contributed by atoms with van der Waals surface area (Å²) in [5, 5.41) is 9.72. The van der Waals surface area contributed by atoms with Crippen LogP contribution in [0.2, 0.25) is 0 Å². The van der Waals surface area contributed by atoms with Crippen molar-refractivity contribution in [2.24, 2.45) is 0 Å². The van der Waals surface area contributed by atoms with Gasteiger partial charge in [-0.15, -0.1) is 0 Å². The smallest absolute Gasteiger partial charge is 0.149 e. The molecule has 0 aliphatic heterocycles. The molecule has 0 saturated heterocycles. The normalized spacial score (nSPS) is 24.1. The van der Waals surface area contributed by atoms with E-state index in [1.54, 1.807) is 18.2 Å². The number of carbonyl (C=O) groups is 1. The summed E-state index contributed by atoms with van der Waals surface area (Å²) in [6, 6.07) is 0. The average molecular weight is 280 g/mol. The molecule has 1 aliphatic carbocycles. The number of hydrogen-bond acceptors (Lipinski definition) is 3. The maximum Gasteiger partial charge on any atom is 0.149 e. The molecule has 1 rings (SSSR count). The molecule has 0 fully saturated rings. The lowest BCUT2D eigenvalue weighted by atomic mass is 10.1. The van der Waals surface area contributed by atoms with Crippen molar-refractivity contribution in [1.29, 1.82) is 0 Å². The van der Waals surface area contributed by atoms with E-state index in [0.29, 0.717) is 30.3 Å². The lowest BCUT2D eigenvalue weighted by molar-refractivity contribution is -0.105. The van der Waals surface area contributed by atoms with Gasteiger partial charge in [0, 0.05) is 5.57 Å². The van der Waals surface area contributed by atoms with Crippen molar-refractivity contribution >= 4 is 6.29 Å². The minimum absolute atomic E-state index is 0.0743. The predicted octanol–water partition coefficient (Wildman–Crippen LogP) is 3.59. The Labute approximate surface area is 119 Å². The summed E-state index contributed by atoms with van der Waals surface area (Å²) in [5.74, 6) is -0.0743. The monoisotopic (exact) mass is 280 g/mol. The molecule has 0 aromatic carbocycles. The van der Waals surface area contributed by atoms with Crippen LogP contribution in [0.3, 0.4) is 0 Å². The average Bonchev–Trinajstić information content (AvgIpc) is 2.43. The Hall–Kier alpha value is -1.68. The molecule has 0 bridgehead atoms. The number of aliphatic hydroxyl groups excluding tert-OH is 1. The zero-order chi connectivity index (χ0) is 14.8. The maximum absolute atomic E-state index is 13.8. The molecule has 1 unspecified atom stereocenters. The molecule has 0 amide bonds. The van der Waals surface area contributed by atoms with Crippen LogP contribution >= 0.6 is 0 Å². The zero-order valence-corrected chi connectivity index (χ0v) is 11.7. The minimum atomic E-state index is -1.17. The quantitative estimate of drug-likeness (QED) is 0.335. The molecular weight excluding hydrogens is 259 g/mol. The number of halogens is 1. The third-order valence-corrected chi connectivity index (χ3v) is 2.92. The van der Waals surface area contributed by atoms with Crippen molar-refractivity contribution in [2.45, 2.75) is 32.4 Å². The van der Waals surface area contributed by atoms with Gasteiger partial charge in [-0.1, -0.05) is 43.7 Å². The van der Waals surface area contributed by atoms with E-state index >= 15 is 0 Å². The number of aldehydes is 1. The van der Waals surface area contributed by atoms with E-state index in [9.17, 15) is 14.3 Å². The van der Waals surface area contributed by atoms with Gasteiger partial charge in [-0.2, -0.15) is 0 Å². The highest BCUT2D eigenvalue weighted by atomic mass is 19.1. The third kappa shape index (κ3) is 5.53. The van der Waals surface area contributed by atoms with E-state index in [2.05, 4.69) is 0 Å². The molecule has 1 atom stereocenters. The summed E-state index contributed by atoms with van der Waals surface area (Å²) in [6.45, 7) is 1.92. The van der Waals surface area contributed by atoms with Gasteiger partial charge in [-0.25, -0.2) is 4.39 Å². The van der Waals surface area contributed by atoms with Gasteiger partial charge < -0.3 is 9.84 Å². The fraction of sp³-hybridized carbons (Fsp3) is 0.438. The van der Waals surface area contributed by atoms with Gasteiger partial charge in [0.2, 0.25) is 0 Å². The Morgan fingerprint density at radius 2 is 2.35 bits per heavy atom. The molecule has 0 spiro atoms. The molecule has 1 N–H and O–H groups in total. The first-order valence-corrected chi connectivity index (χ1v) is 6.79. The van der Waals surface area contributed by atoms with Gasteiger partial charge in [0.25, 0.3) is 0 Å². The van der Waals surface area contributed by atoms with E-state index in [0.717, 1.165) is 6.42 Å². The van der Waals surface area contributed by atoms with Gasteiger partial charge in [0.05, 0.1) is 6.61 Å². The number of aliphatic hydroxyl groups is 1. The van der Waals surface area contributed by atoms with Gasteiger partial charge >= 0.3 is 0 Å². The van der Waals surface area contributed by atoms with Crippen molar-refractivity contribution < 1.29 is 19.0 Å². The number of carbonyl (C=O) groups excluding carboxylic acids is 1. The number of hydrogen-bond donors (Lipinski definition) is 1. The van der Waals surface area contributed by atoms with E-state index in [-0.39, 0.29) is 19.0 Å². The number of rotatable bonds is 7. The van der Waals surface area contributed by atoms with Crippen molar-refractivity contribution in [3.63, 3.8) is 0 Å². The van der Waals surface area contributed by atoms with E-state index < -0.39 is 6.17 Å². The second kappa shape index (κ2) is 9.26. The van der Waals surface area contributed by atoms with Crippen LogP contribution in [0.15, 0.2) is 47.3 Å². The van der Waals surface area contributed by atoms with Crippen LogP contribution < -0.4 is 0 Å². The van der Waals surface area contributed by atoms with Crippen molar-refractivity contribution in [3.8, 4) is 0 Å². The summed E-state index contributed by atoms with van der Waals surface area (Å²) in [7, 11) is 0. The van der Waals surface area contributed by atoms with Crippen LogP contribution in [0.25, 0.3) is 0 Å². The third-order valence-electron chi connectivity index (χ3n) is 2.92. The van der Waals surface area contributed by atoms with Crippen LogP contribution in [0.4, 0.5) is 4.39 Å². The molecule has 0 aromatic rings. The Balaban J connectivity index is 2.54. The highest BCUT2D eigenvalue weighted by Gasteiger charge is 2.11. The molecule has 0 heterocycles. The second-order valence-electron chi connectivity index (χ2n) is 4.57. The summed E-state index contributed by atoms with van der Waals surface area (Å²) in [6.07, 6.45) is 10.1. The minimum Gasteiger partial charge on any atom is -0.509 e. The van der Waals surface area contributed by atoms with Crippen molar-refractivity contribution in [1.82, 2.24) is 0 Å². The molecule has 1 aliphatic rings. The second-order valence-corrected chi connectivity index (χ2v) is 4.57. The van der Waals surface area contributed by atoms with Crippen molar-refractivity contribution in [3.05, 3.63) is 47.3 Å². The Morgan fingerprint density at radius 1 is 1.55 bits per heavy atom. The lowest BCUT2D eigenvalue weighted by Crippen LogP contribution is -2.11. The first kappa shape index (κ1) is 16.4. The molecule has 4 heteroatoms. The first-order valence-electron chi connectivity index (χ1n) is 6.79. The van der Waals surface area contributed by atoms with Gasteiger partial charge in [-0.3, -0.25) is 4.79 Å².